The van der Waals surface area contributed by atoms with Crippen LogP contribution in [-0.4, -0.2) is 24.6 Å². The van der Waals surface area contributed by atoms with Crippen LogP contribution in [0.2, 0.25) is 0 Å². The molecule has 6 N–H and O–H groups in total. The summed E-state index contributed by atoms with van der Waals surface area (Å²) < 4.78 is 1.25. The van der Waals surface area contributed by atoms with E-state index in [0.29, 0.717) is 5.78 Å². The molecule has 8 heteroatoms. The normalized spacial score (nSPS) is 10.7. The average molecular weight is 166 g/mol. The monoisotopic (exact) mass is 166 g/mol. The number of nitrogen functional groups attached to an aromatic ring is 2. The molecule has 8 nitrogen and oxygen atoms in total. The van der Waals surface area contributed by atoms with Crippen molar-refractivity contribution in [1.29, 1.82) is 5.41 Å². The molecule has 0 bridgehead atoms. The molecular formula is C4H6N8. The van der Waals surface area contributed by atoms with Crippen molar-refractivity contribution in [2.24, 2.45) is 0 Å². The van der Waals surface area contributed by atoms with Gasteiger partial charge >= 0.3 is 0 Å². The van der Waals surface area contributed by atoms with Crippen molar-refractivity contribution in [3.63, 3.8) is 0 Å². The highest BCUT2D eigenvalue weighted by molar-refractivity contribution is 5.37. The molecule has 0 atom stereocenters. The van der Waals surface area contributed by atoms with Crippen LogP contribution in [0.25, 0.3) is 5.78 Å². The molecule has 0 radical (unpaired) electrons. The lowest BCUT2D eigenvalue weighted by Crippen LogP contribution is -2.20. The Morgan fingerprint density at radius 2 is 2.08 bits per heavy atom. The molecule has 0 aliphatic rings. The maximum absolute atomic E-state index is 7.35. The molecule has 2 aromatic rings. The Hall–Kier alpha value is -2.12. The van der Waals surface area contributed by atoms with E-state index in [1.807, 2.05) is 0 Å². The zero-order chi connectivity index (χ0) is 8.72. The molecule has 0 saturated carbocycles. The summed E-state index contributed by atoms with van der Waals surface area (Å²) in [5.41, 5.74) is 10.6. The molecule has 0 fully saturated rings. The van der Waals surface area contributed by atoms with Gasteiger partial charge in [0.05, 0.1) is 0 Å². The standard InChI is InChI=1S/C4H6N8/c5-1-8-2(6)12-3(7)10-11-4(12)9-1/h(H2,7,10)(H4,5,6,8,9,11). The smallest absolute Gasteiger partial charge is 0.237 e. The number of aromatic nitrogens is 5. The van der Waals surface area contributed by atoms with Crippen LogP contribution in [0.15, 0.2) is 0 Å². The van der Waals surface area contributed by atoms with Crippen LogP contribution in [0, 0.1) is 5.41 Å². The summed E-state index contributed by atoms with van der Waals surface area (Å²) >= 11 is 0. The quantitative estimate of drug-likeness (QED) is 0.362. The number of nitrogens with one attached hydrogen (secondary N) is 2. The highest BCUT2D eigenvalue weighted by Crippen LogP contribution is 1.96. The van der Waals surface area contributed by atoms with Gasteiger partial charge in [-0.05, 0) is 0 Å². The predicted octanol–water partition coefficient (Wildman–Crippen LogP) is -1.90. The second-order valence-electron chi connectivity index (χ2n) is 2.15. The number of nitrogens with two attached hydrogens (primary N) is 2. The SMILES string of the molecule is N=c1nc(N)nc2[nH]nc(N)n12. The summed E-state index contributed by atoms with van der Waals surface area (Å²) in [6.07, 6.45) is 0. The highest BCUT2D eigenvalue weighted by atomic mass is 15.4. The van der Waals surface area contributed by atoms with Gasteiger partial charge in [0.15, 0.2) is 0 Å². The first-order valence-electron chi connectivity index (χ1n) is 3.09. The van der Waals surface area contributed by atoms with Gasteiger partial charge in [-0.15, -0.1) is 5.10 Å². The second-order valence-corrected chi connectivity index (χ2v) is 2.15. The fourth-order valence-corrected chi connectivity index (χ4v) is 0.892. The molecule has 0 aliphatic carbocycles. The minimum atomic E-state index is -0.0937. The van der Waals surface area contributed by atoms with Crippen molar-refractivity contribution in [1.82, 2.24) is 24.6 Å². The summed E-state index contributed by atoms with van der Waals surface area (Å²) in [6.45, 7) is 0. The topological polar surface area (TPSA) is 135 Å². The van der Waals surface area contributed by atoms with Crippen molar-refractivity contribution >= 4 is 17.7 Å². The van der Waals surface area contributed by atoms with Crippen molar-refractivity contribution in [3.05, 3.63) is 5.62 Å². The minimum absolute atomic E-state index is 0.0173. The number of hydrogen-bond donors (Lipinski definition) is 4. The van der Waals surface area contributed by atoms with Crippen LogP contribution in [0.3, 0.4) is 0 Å². The van der Waals surface area contributed by atoms with E-state index in [1.165, 1.54) is 4.40 Å². The molecule has 12 heavy (non-hydrogen) atoms. The van der Waals surface area contributed by atoms with Crippen molar-refractivity contribution in [2.75, 3.05) is 11.5 Å². The van der Waals surface area contributed by atoms with Gasteiger partial charge in [0.1, 0.15) is 0 Å². The molecule has 0 unspecified atom stereocenters. The number of hydrogen-bond acceptors (Lipinski definition) is 6. The second kappa shape index (κ2) is 1.94. The van der Waals surface area contributed by atoms with Gasteiger partial charge in [0.2, 0.25) is 23.3 Å². The van der Waals surface area contributed by atoms with Gasteiger partial charge in [0.25, 0.3) is 0 Å². The first-order chi connectivity index (χ1) is 5.68. The Kier molecular flexibility index (Phi) is 1.06. The van der Waals surface area contributed by atoms with Crippen LogP contribution in [0.1, 0.15) is 0 Å². The van der Waals surface area contributed by atoms with Crippen LogP contribution in [0.5, 0.6) is 0 Å². The van der Waals surface area contributed by atoms with E-state index >= 15 is 0 Å². The van der Waals surface area contributed by atoms with E-state index in [9.17, 15) is 0 Å². The Morgan fingerprint density at radius 3 is 2.83 bits per heavy atom. The summed E-state index contributed by atoms with van der Waals surface area (Å²) in [6, 6.07) is 0. The molecule has 0 saturated heterocycles. The van der Waals surface area contributed by atoms with Crippen LogP contribution >= 0.6 is 0 Å². The summed E-state index contributed by atoms with van der Waals surface area (Å²) in [5, 5.41) is 13.5. The third-order valence-electron chi connectivity index (χ3n) is 1.36. The summed E-state index contributed by atoms with van der Waals surface area (Å²) in [4.78, 5) is 7.36. The minimum Gasteiger partial charge on any atom is -0.368 e. The predicted molar refractivity (Wildman–Crippen MR) is 39.8 cm³/mol. The van der Waals surface area contributed by atoms with E-state index in [-0.39, 0.29) is 17.5 Å². The molecular weight excluding hydrogens is 160 g/mol. The number of fused-ring (bicyclic) bond motifs is 1. The molecule has 62 valence electrons. The molecule has 0 aromatic carbocycles. The molecule has 2 rings (SSSR count). The van der Waals surface area contributed by atoms with Gasteiger partial charge in [-0.3, -0.25) is 5.41 Å². The lowest BCUT2D eigenvalue weighted by Gasteiger charge is -1.93. The Morgan fingerprint density at radius 1 is 1.33 bits per heavy atom. The van der Waals surface area contributed by atoms with Gasteiger partial charge in [-0.1, -0.05) is 0 Å². The average Bonchev–Trinajstić information content (AvgIpc) is 2.31. The number of rotatable bonds is 0. The van der Waals surface area contributed by atoms with E-state index in [2.05, 4.69) is 20.2 Å². The number of nitrogens with zero attached hydrogens (tertiary/aromatic N) is 4. The fourth-order valence-electron chi connectivity index (χ4n) is 0.892. The van der Waals surface area contributed by atoms with Crippen molar-refractivity contribution in [3.8, 4) is 0 Å². The van der Waals surface area contributed by atoms with Crippen LogP contribution < -0.4 is 17.1 Å². The molecule has 0 spiro atoms. The van der Waals surface area contributed by atoms with Crippen LogP contribution in [0.4, 0.5) is 11.9 Å². The largest absolute Gasteiger partial charge is 0.368 e. The van der Waals surface area contributed by atoms with E-state index in [1.54, 1.807) is 0 Å². The maximum Gasteiger partial charge on any atom is 0.237 e. The zero-order valence-corrected chi connectivity index (χ0v) is 5.94. The van der Waals surface area contributed by atoms with Gasteiger partial charge in [0, 0.05) is 0 Å². The van der Waals surface area contributed by atoms with Crippen LogP contribution in [-0.2, 0) is 0 Å². The number of H-pyrrole nitrogens is 1. The third-order valence-corrected chi connectivity index (χ3v) is 1.36. The van der Waals surface area contributed by atoms with Gasteiger partial charge in [-0.2, -0.15) is 9.97 Å². The number of aromatic amines is 1. The molecule has 0 amide bonds. The summed E-state index contributed by atoms with van der Waals surface area (Å²) in [5.74, 6) is 0.462. The highest BCUT2D eigenvalue weighted by Gasteiger charge is 2.03. The van der Waals surface area contributed by atoms with E-state index in [4.69, 9.17) is 16.9 Å². The fraction of sp³-hybridized carbons (Fsp3) is 0. The van der Waals surface area contributed by atoms with Gasteiger partial charge in [-0.25, -0.2) is 9.50 Å². The first kappa shape index (κ1) is 6.58. The Bertz CT molecular complexity index is 477. The zero-order valence-electron chi connectivity index (χ0n) is 5.94. The van der Waals surface area contributed by atoms with Crippen molar-refractivity contribution < 1.29 is 0 Å². The third kappa shape index (κ3) is 0.713. The molecule has 0 aliphatic heterocycles. The first-order valence-corrected chi connectivity index (χ1v) is 3.09. The molecule has 2 heterocycles. The Balaban J connectivity index is 3.03. The Labute approximate surface area is 65.8 Å². The number of anilines is 2. The van der Waals surface area contributed by atoms with Gasteiger partial charge < -0.3 is 11.5 Å². The summed E-state index contributed by atoms with van der Waals surface area (Å²) in [7, 11) is 0. The van der Waals surface area contributed by atoms with E-state index < -0.39 is 0 Å². The lowest BCUT2D eigenvalue weighted by molar-refractivity contribution is 0.891. The lowest BCUT2D eigenvalue weighted by atomic mass is 10.8. The molecule has 2 aromatic heterocycles. The van der Waals surface area contributed by atoms with E-state index in [0.717, 1.165) is 0 Å². The van der Waals surface area contributed by atoms with Crippen molar-refractivity contribution in [2.45, 2.75) is 0 Å². The maximum atomic E-state index is 7.35.